The lowest BCUT2D eigenvalue weighted by Crippen LogP contribution is -2.41. The van der Waals surface area contributed by atoms with Crippen molar-refractivity contribution in [1.82, 2.24) is 10.2 Å². The molecule has 0 aliphatic rings. The van der Waals surface area contributed by atoms with Gasteiger partial charge >= 0.3 is 6.18 Å². The van der Waals surface area contributed by atoms with E-state index in [4.69, 9.17) is 5.73 Å². The number of carbonyl (C=O) groups is 2. The van der Waals surface area contributed by atoms with Gasteiger partial charge in [0.25, 0.3) is 5.91 Å². The summed E-state index contributed by atoms with van der Waals surface area (Å²) in [4.78, 5) is 24.5. The molecule has 0 aromatic heterocycles. The SMILES string of the molecule is Cc1ccc(N)cc1C(=O)N(C)CC(=O)NCC(F)(F)F. The Balaban J connectivity index is 2.66. The fourth-order valence-electron chi connectivity index (χ4n) is 1.62. The Labute approximate surface area is 119 Å². The minimum Gasteiger partial charge on any atom is -0.399 e. The Bertz CT molecular complexity index is 544. The zero-order valence-corrected chi connectivity index (χ0v) is 11.6. The molecule has 0 saturated carbocycles. The van der Waals surface area contributed by atoms with Crippen molar-refractivity contribution in [3.05, 3.63) is 29.3 Å². The van der Waals surface area contributed by atoms with Crippen molar-refractivity contribution in [3.63, 3.8) is 0 Å². The summed E-state index contributed by atoms with van der Waals surface area (Å²) in [6.45, 7) is -0.196. The van der Waals surface area contributed by atoms with E-state index in [9.17, 15) is 22.8 Å². The van der Waals surface area contributed by atoms with E-state index < -0.39 is 31.1 Å². The summed E-state index contributed by atoms with van der Waals surface area (Å²) in [5.74, 6) is -1.37. The highest BCUT2D eigenvalue weighted by atomic mass is 19.4. The smallest absolute Gasteiger partial charge is 0.399 e. The second-order valence-corrected chi connectivity index (χ2v) is 4.63. The van der Waals surface area contributed by atoms with E-state index in [1.807, 2.05) is 0 Å². The lowest BCUT2D eigenvalue weighted by atomic mass is 10.1. The molecule has 0 aliphatic heterocycles. The van der Waals surface area contributed by atoms with Crippen LogP contribution in [0.4, 0.5) is 18.9 Å². The van der Waals surface area contributed by atoms with E-state index in [1.54, 1.807) is 24.4 Å². The van der Waals surface area contributed by atoms with E-state index in [2.05, 4.69) is 0 Å². The van der Waals surface area contributed by atoms with Crippen LogP contribution in [0.5, 0.6) is 0 Å². The van der Waals surface area contributed by atoms with Crippen molar-refractivity contribution in [2.75, 3.05) is 25.9 Å². The first kappa shape index (κ1) is 16.8. The van der Waals surface area contributed by atoms with Crippen molar-refractivity contribution in [2.24, 2.45) is 0 Å². The molecular formula is C13H16F3N3O2. The summed E-state index contributed by atoms with van der Waals surface area (Å²) in [6.07, 6.45) is -4.48. The van der Waals surface area contributed by atoms with Crippen LogP contribution >= 0.6 is 0 Å². The number of nitrogens with one attached hydrogen (secondary N) is 1. The number of amides is 2. The Morgan fingerprint density at radius 3 is 2.52 bits per heavy atom. The Hall–Kier alpha value is -2.25. The summed E-state index contributed by atoms with van der Waals surface area (Å²) in [6, 6.07) is 4.74. The number of rotatable bonds is 4. The number of nitrogen functional groups attached to an aromatic ring is 1. The van der Waals surface area contributed by atoms with Gasteiger partial charge in [0.2, 0.25) is 5.91 Å². The van der Waals surface area contributed by atoms with E-state index in [0.717, 1.165) is 4.90 Å². The monoisotopic (exact) mass is 303 g/mol. The van der Waals surface area contributed by atoms with Gasteiger partial charge in [-0.15, -0.1) is 0 Å². The van der Waals surface area contributed by atoms with Gasteiger partial charge in [0.1, 0.15) is 6.54 Å². The van der Waals surface area contributed by atoms with Crippen LogP contribution < -0.4 is 11.1 Å². The maximum absolute atomic E-state index is 12.1. The zero-order valence-electron chi connectivity index (χ0n) is 11.6. The van der Waals surface area contributed by atoms with Crippen LogP contribution in [0.1, 0.15) is 15.9 Å². The Morgan fingerprint density at radius 1 is 1.33 bits per heavy atom. The van der Waals surface area contributed by atoms with Gasteiger partial charge in [0.15, 0.2) is 0 Å². The molecule has 1 aromatic rings. The maximum Gasteiger partial charge on any atom is 0.405 e. The van der Waals surface area contributed by atoms with E-state index >= 15 is 0 Å². The molecule has 21 heavy (non-hydrogen) atoms. The van der Waals surface area contributed by atoms with Gasteiger partial charge in [-0.05, 0) is 24.6 Å². The average molecular weight is 303 g/mol. The molecule has 8 heteroatoms. The third kappa shape index (κ3) is 5.33. The molecule has 2 amide bonds. The summed E-state index contributed by atoms with van der Waals surface area (Å²) >= 11 is 0. The number of hydrogen-bond donors (Lipinski definition) is 2. The number of benzene rings is 1. The van der Waals surface area contributed by atoms with Crippen LogP contribution in [0, 0.1) is 6.92 Å². The first-order chi connectivity index (χ1) is 9.60. The average Bonchev–Trinajstić information content (AvgIpc) is 2.37. The second kappa shape index (κ2) is 6.47. The van der Waals surface area contributed by atoms with Crippen molar-refractivity contribution in [3.8, 4) is 0 Å². The summed E-state index contributed by atoms with van der Waals surface area (Å²) in [7, 11) is 1.33. The van der Waals surface area contributed by atoms with Crippen LogP contribution in [0.2, 0.25) is 0 Å². The number of carbonyl (C=O) groups excluding carboxylic acids is 2. The molecule has 0 atom stereocenters. The predicted octanol–water partition coefficient (Wildman–Crippen LogP) is 1.33. The lowest BCUT2D eigenvalue weighted by molar-refractivity contribution is -0.138. The molecule has 1 rings (SSSR count). The number of likely N-dealkylation sites (N-methyl/N-ethyl adjacent to an activating group) is 1. The third-order valence-corrected chi connectivity index (χ3v) is 2.71. The molecular weight excluding hydrogens is 287 g/mol. The van der Waals surface area contributed by atoms with E-state index in [-0.39, 0.29) is 0 Å². The largest absolute Gasteiger partial charge is 0.405 e. The number of nitrogens with two attached hydrogens (primary N) is 1. The van der Waals surface area contributed by atoms with Crippen molar-refractivity contribution in [1.29, 1.82) is 0 Å². The molecule has 3 N–H and O–H groups in total. The number of nitrogens with zero attached hydrogens (tertiary/aromatic N) is 1. The fourth-order valence-corrected chi connectivity index (χ4v) is 1.62. The number of alkyl halides is 3. The summed E-state index contributed by atoms with van der Waals surface area (Å²) < 4.78 is 35.9. The zero-order chi connectivity index (χ0) is 16.2. The molecule has 0 unspecified atom stereocenters. The molecule has 5 nitrogen and oxygen atoms in total. The summed E-state index contributed by atoms with van der Waals surface area (Å²) in [5.41, 5.74) is 6.95. The molecule has 0 radical (unpaired) electrons. The first-order valence-corrected chi connectivity index (χ1v) is 6.05. The summed E-state index contributed by atoms with van der Waals surface area (Å²) in [5, 5.41) is 1.70. The number of halogens is 3. The van der Waals surface area contributed by atoms with Gasteiger partial charge in [-0.3, -0.25) is 9.59 Å². The third-order valence-electron chi connectivity index (χ3n) is 2.71. The number of aryl methyl sites for hydroxylation is 1. The predicted molar refractivity (Wildman–Crippen MR) is 71.6 cm³/mol. The molecule has 0 bridgehead atoms. The lowest BCUT2D eigenvalue weighted by Gasteiger charge is -2.18. The highest BCUT2D eigenvalue weighted by Crippen LogP contribution is 2.15. The normalized spacial score (nSPS) is 11.1. The number of anilines is 1. The second-order valence-electron chi connectivity index (χ2n) is 4.63. The standard InChI is InChI=1S/C13H16F3N3O2/c1-8-3-4-9(17)5-10(8)12(21)19(2)6-11(20)18-7-13(14,15)16/h3-5H,6-7,17H2,1-2H3,(H,18,20). The maximum atomic E-state index is 12.1. The van der Waals surface area contributed by atoms with Gasteiger partial charge in [0.05, 0.1) is 6.54 Å². The topological polar surface area (TPSA) is 75.4 Å². The highest BCUT2D eigenvalue weighted by Gasteiger charge is 2.28. The Morgan fingerprint density at radius 2 is 1.95 bits per heavy atom. The molecule has 1 aromatic carbocycles. The quantitative estimate of drug-likeness (QED) is 0.824. The molecule has 0 saturated heterocycles. The van der Waals surface area contributed by atoms with Gasteiger partial charge in [-0.25, -0.2) is 0 Å². The van der Waals surface area contributed by atoms with Gasteiger partial charge in [0, 0.05) is 18.3 Å². The fraction of sp³-hybridized carbons (Fsp3) is 0.385. The van der Waals surface area contributed by atoms with E-state index in [0.29, 0.717) is 16.8 Å². The van der Waals surface area contributed by atoms with Crippen molar-refractivity contribution in [2.45, 2.75) is 13.1 Å². The van der Waals surface area contributed by atoms with Gasteiger partial charge in [-0.2, -0.15) is 13.2 Å². The molecule has 0 aliphatic carbocycles. The minimum absolute atomic E-state index is 0.307. The van der Waals surface area contributed by atoms with Gasteiger partial charge in [-0.1, -0.05) is 6.07 Å². The first-order valence-electron chi connectivity index (χ1n) is 6.05. The van der Waals surface area contributed by atoms with Gasteiger partial charge < -0.3 is 16.0 Å². The van der Waals surface area contributed by atoms with Crippen LogP contribution in [0.15, 0.2) is 18.2 Å². The molecule has 0 fully saturated rings. The highest BCUT2D eigenvalue weighted by molar-refractivity contribution is 5.98. The van der Waals surface area contributed by atoms with Crippen LogP contribution in [0.3, 0.4) is 0 Å². The van der Waals surface area contributed by atoms with Crippen LogP contribution in [-0.4, -0.2) is 43.0 Å². The number of hydrogen-bond acceptors (Lipinski definition) is 3. The van der Waals surface area contributed by atoms with Crippen LogP contribution in [0.25, 0.3) is 0 Å². The van der Waals surface area contributed by atoms with Crippen molar-refractivity contribution >= 4 is 17.5 Å². The minimum atomic E-state index is -4.48. The molecule has 0 heterocycles. The van der Waals surface area contributed by atoms with E-state index in [1.165, 1.54) is 13.1 Å². The van der Waals surface area contributed by atoms with Crippen molar-refractivity contribution < 1.29 is 22.8 Å². The van der Waals surface area contributed by atoms with Crippen LogP contribution in [-0.2, 0) is 4.79 Å². The molecule has 0 spiro atoms. The Kier molecular flexibility index (Phi) is 5.17. The molecule has 116 valence electrons.